The Morgan fingerprint density at radius 1 is 0.571 bits per heavy atom. The van der Waals surface area contributed by atoms with E-state index in [1.165, 1.54) is 58.8 Å². The van der Waals surface area contributed by atoms with Crippen LogP contribution in [0.4, 0.5) is 0 Å². The molecule has 28 heavy (non-hydrogen) atoms. The second-order valence-electron chi connectivity index (χ2n) is 7.66. The summed E-state index contributed by atoms with van der Waals surface area (Å²) >= 11 is 1.89. The van der Waals surface area contributed by atoms with Crippen LogP contribution in [0.2, 0.25) is 0 Å². The van der Waals surface area contributed by atoms with Gasteiger partial charge in [-0.2, -0.15) is 0 Å². The van der Waals surface area contributed by atoms with Gasteiger partial charge < -0.3 is 4.57 Å². The summed E-state index contributed by atoms with van der Waals surface area (Å²) in [4.78, 5) is 0. The Labute approximate surface area is 167 Å². The van der Waals surface area contributed by atoms with E-state index in [0.29, 0.717) is 0 Å². The molecule has 0 saturated heterocycles. The number of rotatable bonds is 1. The van der Waals surface area contributed by atoms with E-state index < -0.39 is 0 Å². The maximum Gasteiger partial charge on any atom is 0.0555 e. The fourth-order valence-corrected chi connectivity index (χ4v) is 5.58. The fraction of sp³-hybridized carbons (Fsp3) is 0.0769. The molecule has 0 aliphatic carbocycles. The lowest BCUT2D eigenvalue weighted by Gasteiger charge is -2.08. The van der Waals surface area contributed by atoms with Crippen molar-refractivity contribution >= 4 is 53.3 Å². The third kappa shape index (κ3) is 2.18. The predicted molar refractivity (Wildman–Crippen MR) is 123 cm³/mol. The van der Waals surface area contributed by atoms with Crippen LogP contribution in [0.3, 0.4) is 0 Å². The molecule has 1 nitrogen and oxygen atoms in total. The summed E-state index contributed by atoms with van der Waals surface area (Å²) in [5, 5.41) is 5.37. The summed E-state index contributed by atoms with van der Waals surface area (Å²) in [6, 6.07) is 29.1. The first kappa shape index (κ1) is 15.9. The van der Waals surface area contributed by atoms with Crippen LogP contribution in [0, 0.1) is 13.8 Å². The zero-order valence-corrected chi connectivity index (χ0v) is 16.7. The highest BCUT2D eigenvalue weighted by Gasteiger charge is 2.15. The SMILES string of the molecule is Cc1ccc2c(c1)sc1cc3c(cc12)c1ccc(C)cc1n3-c1ccccc1. The molecule has 2 heterocycles. The highest BCUT2D eigenvalue weighted by atomic mass is 32.1. The van der Waals surface area contributed by atoms with Crippen LogP contribution in [-0.4, -0.2) is 4.57 Å². The number of benzene rings is 4. The topological polar surface area (TPSA) is 4.93 Å². The highest BCUT2D eigenvalue weighted by Crippen LogP contribution is 2.40. The largest absolute Gasteiger partial charge is 0.309 e. The van der Waals surface area contributed by atoms with Crippen molar-refractivity contribution in [1.82, 2.24) is 4.57 Å². The lowest BCUT2D eigenvalue weighted by molar-refractivity contribution is 1.18. The van der Waals surface area contributed by atoms with Gasteiger partial charge in [0.05, 0.1) is 11.0 Å². The summed E-state index contributed by atoms with van der Waals surface area (Å²) in [6.07, 6.45) is 0. The normalized spacial score (nSPS) is 11.9. The van der Waals surface area contributed by atoms with Gasteiger partial charge in [-0.05, 0) is 61.4 Å². The van der Waals surface area contributed by atoms with Gasteiger partial charge in [0.2, 0.25) is 0 Å². The molecule has 0 atom stereocenters. The maximum absolute atomic E-state index is 2.41. The van der Waals surface area contributed by atoms with Crippen molar-refractivity contribution in [1.29, 1.82) is 0 Å². The van der Waals surface area contributed by atoms with E-state index in [0.717, 1.165) is 0 Å². The second-order valence-corrected chi connectivity index (χ2v) is 8.74. The van der Waals surface area contributed by atoms with Crippen LogP contribution < -0.4 is 0 Å². The number of aromatic nitrogens is 1. The Morgan fingerprint density at radius 3 is 2.07 bits per heavy atom. The molecule has 0 fully saturated rings. The molecule has 2 aromatic heterocycles. The molecule has 0 aliphatic rings. The molecule has 0 saturated carbocycles. The van der Waals surface area contributed by atoms with E-state index in [-0.39, 0.29) is 0 Å². The van der Waals surface area contributed by atoms with Gasteiger partial charge in [-0.15, -0.1) is 11.3 Å². The minimum Gasteiger partial charge on any atom is -0.309 e. The Bertz CT molecular complexity index is 1520. The van der Waals surface area contributed by atoms with Gasteiger partial charge in [0.25, 0.3) is 0 Å². The Balaban J connectivity index is 1.83. The number of hydrogen-bond acceptors (Lipinski definition) is 1. The van der Waals surface area contributed by atoms with Crippen LogP contribution in [0.15, 0.2) is 78.9 Å². The number of thiophene rings is 1. The third-order valence-electron chi connectivity index (χ3n) is 5.68. The Kier molecular flexibility index (Phi) is 3.24. The van der Waals surface area contributed by atoms with Gasteiger partial charge in [-0.25, -0.2) is 0 Å². The summed E-state index contributed by atoms with van der Waals surface area (Å²) in [5.41, 5.74) is 6.37. The molecule has 6 rings (SSSR count). The van der Waals surface area contributed by atoms with E-state index >= 15 is 0 Å². The zero-order valence-electron chi connectivity index (χ0n) is 15.9. The van der Waals surface area contributed by atoms with Crippen molar-refractivity contribution in [3.63, 3.8) is 0 Å². The molecular weight excluding hydrogens is 358 g/mol. The van der Waals surface area contributed by atoms with Crippen LogP contribution in [0.1, 0.15) is 11.1 Å². The lowest BCUT2D eigenvalue weighted by Crippen LogP contribution is -1.93. The minimum absolute atomic E-state index is 1.21. The molecule has 0 unspecified atom stereocenters. The molecule has 2 heteroatoms. The van der Waals surface area contributed by atoms with Gasteiger partial charge in [-0.3, -0.25) is 0 Å². The van der Waals surface area contributed by atoms with Crippen molar-refractivity contribution in [2.45, 2.75) is 13.8 Å². The average Bonchev–Trinajstić information content (AvgIpc) is 3.20. The molecule has 0 bridgehead atoms. The number of fused-ring (bicyclic) bond motifs is 6. The summed E-state index contributed by atoms with van der Waals surface area (Å²) in [6.45, 7) is 4.33. The first-order valence-corrected chi connectivity index (χ1v) is 10.4. The number of nitrogens with zero attached hydrogens (tertiary/aromatic N) is 1. The van der Waals surface area contributed by atoms with E-state index in [1.807, 2.05) is 11.3 Å². The molecule has 0 aliphatic heterocycles. The number of hydrogen-bond donors (Lipinski definition) is 0. The molecule has 0 amide bonds. The summed E-state index contributed by atoms with van der Waals surface area (Å²) in [5.74, 6) is 0. The van der Waals surface area contributed by atoms with Crippen molar-refractivity contribution in [3.8, 4) is 5.69 Å². The van der Waals surface area contributed by atoms with Crippen molar-refractivity contribution in [2.75, 3.05) is 0 Å². The van der Waals surface area contributed by atoms with E-state index in [9.17, 15) is 0 Å². The molecule has 4 aromatic carbocycles. The monoisotopic (exact) mass is 377 g/mol. The summed E-state index contributed by atoms with van der Waals surface area (Å²) in [7, 11) is 0. The lowest BCUT2D eigenvalue weighted by atomic mass is 10.1. The molecule has 0 spiro atoms. The van der Waals surface area contributed by atoms with Crippen molar-refractivity contribution in [2.24, 2.45) is 0 Å². The first-order chi connectivity index (χ1) is 13.7. The van der Waals surface area contributed by atoms with Crippen LogP contribution in [0.25, 0.3) is 47.7 Å². The van der Waals surface area contributed by atoms with E-state index in [4.69, 9.17) is 0 Å². The van der Waals surface area contributed by atoms with Gasteiger partial charge in [0.1, 0.15) is 0 Å². The van der Waals surface area contributed by atoms with Crippen LogP contribution in [-0.2, 0) is 0 Å². The highest BCUT2D eigenvalue weighted by molar-refractivity contribution is 7.25. The van der Waals surface area contributed by atoms with Crippen LogP contribution in [0.5, 0.6) is 0 Å². The number of aryl methyl sites for hydroxylation is 2. The van der Waals surface area contributed by atoms with Crippen LogP contribution >= 0.6 is 11.3 Å². The Hall–Kier alpha value is -3.10. The van der Waals surface area contributed by atoms with Gasteiger partial charge in [0.15, 0.2) is 0 Å². The summed E-state index contributed by atoms with van der Waals surface area (Å²) < 4.78 is 5.13. The maximum atomic E-state index is 2.41. The first-order valence-electron chi connectivity index (χ1n) is 9.62. The van der Waals surface area contributed by atoms with E-state index in [2.05, 4.69) is 97.3 Å². The third-order valence-corrected chi connectivity index (χ3v) is 6.80. The smallest absolute Gasteiger partial charge is 0.0555 e. The van der Waals surface area contributed by atoms with Crippen molar-refractivity contribution in [3.05, 3.63) is 90.0 Å². The molecule has 0 N–H and O–H groups in total. The predicted octanol–water partition coefficient (Wildman–Crippen LogP) is 7.77. The second kappa shape index (κ2) is 5.70. The molecule has 134 valence electrons. The molecular formula is C26H19NS. The zero-order chi connectivity index (χ0) is 18.8. The van der Waals surface area contributed by atoms with Gasteiger partial charge in [-0.1, -0.05) is 42.5 Å². The van der Waals surface area contributed by atoms with Gasteiger partial charge in [0, 0.05) is 36.6 Å². The minimum atomic E-state index is 1.21. The van der Waals surface area contributed by atoms with E-state index in [1.54, 1.807) is 0 Å². The molecule has 0 radical (unpaired) electrons. The average molecular weight is 378 g/mol. The van der Waals surface area contributed by atoms with Crippen molar-refractivity contribution < 1.29 is 0 Å². The molecule has 6 aromatic rings. The van der Waals surface area contributed by atoms with Gasteiger partial charge >= 0.3 is 0 Å². The standard InChI is InChI=1S/C26H19NS/c1-16-8-10-19-21-14-22-20-11-9-17(2)13-25(20)28-26(22)15-24(21)27(23(19)12-16)18-6-4-3-5-7-18/h3-15H,1-2H3. The Morgan fingerprint density at radius 2 is 1.25 bits per heavy atom. The quantitative estimate of drug-likeness (QED) is 0.276. The fourth-order valence-electron chi connectivity index (χ4n) is 4.36. The number of para-hydroxylation sites is 1.